The summed E-state index contributed by atoms with van der Waals surface area (Å²) in [6.07, 6.45) is -9.67. The zero-order chi connectivity index (χ0) is 17.0. The Bertz CT molecular complexity index is 520. The van der Waals surface area contributed by atoms with Gasteiger partial charge in [0, 0.05) is 0 Å². The largest absolute Gasteiger partial charge is 0.306 e. The number of rotatable bonds is 9. The Morgan fingerprint density at radius 2 is 1.19 bits per heavy atom. The van der Waals surface area contributed by atoms with Gasteiger partial charge < -0.3 is 0 Å². The van der Waals surface area contributed by atoms with Crippen molar-refractivity contribution in [2.75, 3.05) is 6.61 Å². The van der Waals surface area contributed by atoms with E-state index in [-0.39, 0.29) is 0 Å². The van der Waals surface area contributed by atoms with Crippen LogP contribution in [0, 0.1) is 0 Å². The molecule has 0 aliphatic carbocycles. The fourth-order valence-electron chi connectivity index (χ4n) is 0.817. The molecule has 21 heavy (non-hydrogen) atoms. The maximum Gasteiger partial charge on any atom is 0.306 e. The molecule has 0 radical (unpaired) electrons. The zero-order valence-electron chi connectivity index (χ0n) is 10.1. The summed E-state index contributed by atoms with van der Waals surface area (Å²) in [4.78, 5) is 0. The summed E-state index contributed by atoms with van der Waals surface area (Å²) < 4.78 is 123. The highest BCUT2D eigenvalue weighted by atomic mass is 32.2. The molecule has 0 saturated carbocycles. The Balaban J connectivity index is 4.64. The monoisotopic (exact) mass is 368 g/mol. The molecule has 0 aromatic carbocycles. The molecule has 0 heterocycles. The van der Waals surface area contributed by atoms with Gasteiger partial charge in [-0.25, -0.2) is 26.3 Å². The quantitative estimate of drug-likeness (QED) is 0.449. The Morgan fingerprint density at radius 3 is 1.57 bits per heavy atom. The minimum atomic E-state index is -5.40. The normalized spacial score (nSPS) is 18.0. The van der Waals surface area contributed by atoms with Crippen LogP contribution in [0.15, 0.2) is 0 Å². The van der Waals surface area contributed by atoms with Crippen molar-refractivity contribution in [2.24, 2.45) is 0 Å². The van der Waals surface area contributed by atoms with E-state index in [1.165, 1.54) is 0 Å². The third-order valence-corrected chi connectivity index (χ3v) is 4.29. The predicted molar refractivity (Wildman–Crippen MR) is 56.1 cm³/mol. The molecule has 0 spiro atoms. The van der Waals surface area contributed by atoms with E-state index in [1.54, 1.807) is 0 Å². The molecular weight excluding hydrogens is 358 g/mol. The van der Waals surface area contributed by atoms with Gasteiger partial charge in [-0.05, 0) is 6.92 Å². The van der Waals surface area contributed by atoms with Crippen LogP contribution in [-0.2, 0) is 28.6 Å². The van der Waals surface area contributed by atoms with Crippen molar-refractivity contribution in [3.63, 3.8) is 0 Å². The van der Waals surface area contributed by atoms with Gasteiger partial charge in [0.05, 0.1) is 12.7 Å². The van der Waals surface area contributed by atoms with E-state index in [2.05, 4.69) is 8.37 Å². The van der Waals surface area contributed by atoms with Crippen LogP contribution in [0.1, 0.15) is 6.92 Å². The summed E-state index contributed by atoms with van der Waals surface area (Å²) in [5.74, 6) is 0. The third kappa shape index (κ3) is 6.36. The van der Waals surface area contributed by atoms with E-state index in [0.717, 1.165) is 6.92 Å². The fourth-order valence-corrected chi connectivity index (χ4v) is 2.45. The van der Waals surface area contributed by atoms with Crippen LogP contribution in [0.5, 0.6) is 0 Å². The Kier molecular flexibility index (Phi) is 7.38. The first-order valence-electron chi connectivity index (χ1n) is 4.96. The van der Waals surface area contributed by atoms with Crippen molar-refractivity contribution in [3.8, 4) is 0 Å². The topological polar surface area (TPSA) is 86.7 Å². The highest BCUT2D eigenvalue weighted by Crippen LogP contribution is 2.18. The maximum atomic E-state index is 12.6. The summed E-state index contributed by atoms with van der Waals surface area (Å²) >= 11 is 0. The number of alkyl halides is 6. The second-order valence-electron chi connectivity index (χ2n) is 3.55. The molecule has 0 bridgehead atoms. The lowest BCUT2D eigenvalue weighted by Crippen LogP contribution is -2.33. The van der Waals surface area contributed by atoms with Crippen LogP contribution >= 0.6 is 0 Å². The first-order chi connectivity index (χ1) is 9.31. The van der Waals surface area contributed by atoms with Crippen molar-refractivity contribution >= 4 is 20.2 Å². The molecule has 14 heteroatoms. The molecule has 0 aromatic heterocycles. The van der Waals surface area contributed by atoms with Crippen LogP contribution in [0.4, 0.5) is 26.3 Å². The number of hydrogen-bond donors (Lipinski definition) is 0. The summed E-state index contributed by atoms with van der Waals surface area (Å²) in [6.45, 7) is -0.550. The standard InChI is InChI=1S/C7H10F6O6S2/c1-3(19-21(16,17)7(13)5(10)11)2-18-20(14,15)6(12)4(8)9/h3-7H,2H2,1H3. The second kappa shape index (κ2) is 7.60. The minimum Gasteiger partial charge on any atom is -0.265 e. The van der Waals surface area contributed by atoms with E-state index in [9.17, 15) is 43.2 Å². The highest BCUT2D eigenvalue weighted by Gasteiger charge is 2.38. The van der Waals surface area contributed by atoms with E-state index in [1.807, 2.05) is 0 Å². The van der Waals surface area contributed by atoms with Crippen LogP contribution < -0.4 is 0 Å². The molecule has 0 aliphatic rings. The predicted octanol–water partition coefficient (Wildman–Crippen LogP) is 1.19. The summed E-state index contributed by atoms with van der Waals surface area (Å²) in [5.41, 5.74) is -7.37. The summed E-state index contributed by atoms with van der Waals surface area (Å²) in [6, 6.07) is 0. The average molecular weight is 368 g/mol. The first-order valence-corrected chi connectivity index (χ1v) is 7.90. The molecule has 3 unspecified atom stereocenters. The molecule has 0 aliphatic heterocycles. The second-order valence-corrected chi connectivity index (χ2v) is 6.85. The fraction of sp³-hybridized carbons (Fsp3) is 1.00. The van der Waals surface area contributed by atoms with Gasteiger partial charge in [0.25, 0.3) is 23.9 Å². The van der Waals surface area contributed by atoms with Crippen molar-refractivity contribution in [1.29, 1.82) is 0 Å². The van der Waals surface area contributed by atoms with Gasteiger partial charge in [0.1, 0.15) is 0 Å². The van der Waals surface area contributed by atoms with Crippen LogP contribution in [0.2, 0.25) is 0 Å². The highest BCUT2D eigenvalue weighted by molar-refractivity contribution is 7.87. The lowest BCUT2D eigenvalue weighted by molar-refractivity contribution is 0.0682. The molecule has 0 saturated heterocycles. The van der Waals surface area contributed by atoms with E-state index in [4.69, 9.17) is 0 Å². The molecule has 6 nitrogen and oxygen atoms in total. The van der Waals surface area contributed by atoms with Gasteiger partial charge in [-0.3, -0.25) is 8.37 Å². The van der Waals surface area contributed by atoms with Crippen molar-refractivity contribution in [2.45, 2.75) is 36.9 Å². The molecule has 0 amide bonds. The van der Waals surface area contributed by atoms with Gasteiger partial charge in [0.2, 0.25) is 0 Å². The lowest BCUT2D eigenvalue weighted by atomic mass is 10.5. The average Bonchev–Trinajstić information content (AvgIpc) is 2.33. The number of hydrogen-bond acceptors (Lipinski definition) is 6. The molecule has 0 aromatic rings. The maximum absolute atomic E-state index is 12.6. The molecule has 0 fully saturated rings. The van der Waals surface area contributed by atoms with Crippen molar-refractivity contribution < 1.29 is 51.5 Å². The van der Waals surface area contributed by atoms with Gasteiger partial charge in [-0.15, -0.1) is 0 Å². The summed E-state index contributed by atoms with van der Waals surface area (Å²) in [5, 5.41) is 0. The number of halogens is 6. The van der Waals surface area contributed by atoms with E-state index >= 15 is 0 Å². The molecule has 3 atom stereocenters. The van der Waals surface area contributed by atoms with Gasteiger partial charge in [0.15, 0.2) is 0 Å². The molecule has 0 N–H and O–H groups in total. The SMILES string of the molecule is CC(COS(=O)(=O)C(F)C(F)F)OS(=O)(=O)C(F)C(F)F. The Labute approximate surface area is 116 Å². The third-order valence-electron chi connectivity index (χ3n) is 1.71. The van der Waals surface area contributed by atoms with E-state index < -0.39 is 56.8 Å². The van der Waals surface area contributed by atoms with Gasteiger partial charge >= 0.3 is 20.2 Å². The first kappa shape index (κ1) is 20.4. The minimum absolute atomic E-state index is 0.751. The van der Waals surface area contributed by atoms with Crippen LogP contribution in [0.25, 0.3) is 0 Å². The Morgan fingerprint density at radius 1 is 0.810 bits per heavy atom. The summed E-state index contributed by atoms with van der Waals surface area (Å²) in [7, 11) is -10.8. The van der Waals surface area contributed by atoms with E-state index in [0.29, 0.717) is 0 Å². The zero-order valence-corrected chi connectivity index (χ0v) is 11.8. The van der Waals surface area contributed by atoms with Crippen LogP contribution in [-0.4, -0.2) is 53.4 Å². The van der Waals surface area contributed by atoms with Crippen LogP contribution in [0.3, 0.4) is 0 Å². The van der Waals surface area contributed by atoms with Crippen molar-refractivity contribution in [3.05, 3.63) is 0 Å². The molecule has 0 rings (SSSR count). The van der Waals surface area contributed by atoms with Crippen molar-refractivity contribution in [1.82, 2.24) is 0 Å². The lowest BCUT2D eigenvalue weighted by Gasteiger charge is -2.16. The van der Waals surface area contributed by atoms with Gasteiger partial charge in [-0.1, -0.05) is 0 Å². The molecule has 128 valence electrons. The smallest absolute Gasteiger partial charge is 0.265 e. The Hall–Kier alpha value is -0.600. The molecular formula is C7H10F6O6S2. The van der Waals surface area contributed by atoms with Gasteiger partial charge in [-0.2, -0.15) is 16.8 Å².